The molecule has 1 aliphatic heterocycles. The smallest absolute Gasteiger partial charge is 0.377 e. The molecule has 10 nitrogen and oxygen atoms in total. The molecule has 0 radical (unpaired) electrons. The predicted molar refractivity (Wildman–Crippen MR) is 144 cm³/mol. The highest BCUT2D eigenvalue weighted by molar-refractivity contribution is 5.83. The molecule has 0 amide bonds. The van der Waals surface area contributed by atoms with Crippen LogP contribution in [0.2, 0.25) is 0 Å². The van der Waals surface area contributed by atoms with Crippen molar-refractivity contribution in [1.82, 2.24) is 0 Å². The third kappa shape index (κ3) is 7.65. The van der Waals surface area contributed by atoms with Crippen LogP contribution < -0.4 is 36.1 Å². The van der Waals surface area contributed by atoms with E-state index in [0.29, 0.717) is 52.6 Å². The molecule has 0 saturated heterocycles. The number of quaternary nitrogens is 1. The normalized spacial score (nSPS) is 17.8. The van der Waals surface area contributed by atoms with Crippen molar-refractivity contribution in [2.75, 3.05) is 62.3 Å². The average Bonchev–Trinajstić information content (AvgIpc) is 2.94. The number of hydrogen-bond donors (Lipinski definition) is 1. The van der Waals surface area contributed by atoms with Gasteiger partial charge in [-0.05, 0) is 35.4 Å². The summed E-state index contributed by atoms with van der Waals surface area (Å²) in [7, 11) is 9.87. The van der Waals surface area contributed by atoms with Crippen molar-refractivity contribution in [3.63, 3.8) is 0 Å². The van der Waals surface area contributed by atoms with E-state index >= 15 is 0 Å². The van der Waals surface area contributed by atoms with Crippen molar-refractivity contribution in [3.8, 4) is 28.7 Å². The third-order valence-corrected chi connectivity index (χ3v) is 7.52. The minimum absolute atomic E-state index is 0. The van der Waals surface area contributed by atoms with Crippen LogP contribution in [0, 0.1) is 0 Å². The molecule has 0 bridgehead atoms. The second-order valence-corrected chi connectivity index (χ2v) is 10.1. The molecule has 234 valence electrons. The Morgan fingerprint density at radius 3 is 2.02 bits per heavy atom. The number of carboxylic acids is 1. The average molecular weight is 618 g/mol. The maximum atomic E-state index is 13.8. The number of alkyl halides is 2. The zero-order chi connectivity index (χ0) is 30.4. The molecule has 3 rings (SSSR count). The van der Waals surface area contributed by atoms with Gasteiger partial charge in [0, 0.05) is 24.8 Å². The van der Waals surface area contributed by atoms with Gasteiger partial charge in [0.2, 0.25) is 5.75 Å². The fourth-order valence-corrected chi connectivity index (χ4v) is 5.36. The third-order valence-electron chi connectivity index (χ3n) is 7.52. The minimum Gasteiger partial charge on any atom is -1.00 e. The van der Waals surface area contributed by atoms with E-state index in [9.17, 15) is 18.4 Å². The SMILES string of the molecule is COc1cc2c(cc1OC)[C@@H](Cc1cc(OC)c(OC)c(OC)c1)[N@+](C)(CCCOC(=O)C(F)(F)CC(=O)O)CC2.[Cl-]. The number of nitrogens with zero attached hydrogens (tertiary/aromatic N) is 1. The number of likely N-dealkylation sites (N-methyl/N-ethyl adjacent to an activating group) is 1. The van der Waals surface area contributed by atoms with E-state index in [4.69, 9.17) is 33.5 Å². The number of carbonyl (C=O) groups excluding carboxylic acids is 1. The number of hydrogen-bond acceptors (Lipinski definition) is 8. The first-order valence-corrected chi connectivity index (χ1v) is 13.1. The molecule has 42 heavy (non-hydrogen) atoms. The Kier molecular flexibility index (Phi) is 12.1. The van der Waals surface area contributed by atoms with Gasteiger partial charge in [0.05, 0.1) is 62.3 Å². The lowest BCUT2D eigenvalue weighted by Crippen LogP contribution is -3.00. The Labute approximate surface area is 250 Å². The van der Waals surface area contributed by atoms with Gasteiger partial charge in [-0.2, -0.15) is 8.78 Å². The molecule has 1 N–H and O–H groups in total. The molecule has 2 atom stereocenters. The van der Waals surface area contributed by atoms with E-state index in [1.165, 1.54) is 7.11 Å². The van der Waals surface area contributed by atoms with Crippen molar-refractivity contribution in [3.05, 3.63) is 41.0 Å². The molecule has 2 aromatic carbocycles. The molecular formula is C29H38ClF2NO9. The van der Waals surface area contributed by atoms with E-state index < -0.39 is 24.3 Å². The molecule has 2 aromatic rings. The number of aliphatic carboxylic acids is 1. The second-order valence-electron chi connectivity index (χ2n) is 10.1. The Morgan fingerprint density at radius 1 is 0.929 bits per heavy atom. The number of benzene rings is 2. The first-order valence-electron chi connectivity index (χ1n) is 13.1. The fourth-order valence-electron chi connectivity index (χ4n) is 5.36. The highest BCUT2D eigenvalue weighted by Crippen LogP contribution is 2.45. The van der Waals surface area contributed by atoms with Crippen LogP contribution in [0.3, 0.4) is 0 Å². The van der Waals surface area contributed by atoms with E-state index in [1.54, 1.807) is 28.4 Å². The molecule has 1 aliphatic rings. The summed E-state index contributed by atoms with van der Waals surface area (Å²) in [6.07, 6.45) is -0.0289. The van der Waals surface area contributed by atoms with E-state index in [2.05, 4.69) is 7.05 Å². The van der Waals surface area contributed by atoms with Gasteiger partial charge < -0.3 is 50.4 Å². The summed E-state index contributed by atoms with van der Waals surface area (Å²) in [5.41, 5.74) is 3.08. The van der Waals surface area contributed by atoms with Crippen LogP contribution in [0.1, 0.15) is 35.6 Å². The molecule has 0 saturated carbocycles. The highest BCUT2D eigenvalue weighted by atomic mass is 35.5. The van der Waals surface area contributed by atoms with Crippen LogP contribution >= 0.6 is 0 Å². The number of rotatable bonds is 14. The molecule has 0 unspecified atom stereocenters. The molecule has 0 spiro atoms. The van der Waals surface area contributed by atoms with Gasteiger partial charge >= 0.3 is 17.9 Å². The van der Waals surface area contributed by atoms with Gasteiger partial charge in [-0.3, -0.25) is 4.79 Å². The number of methoxy groups -OCH3 is 5. The van der Waals surface area contributed by atoms with Gasteiger partial charge in [0.25, 0.3) is 0 Å². The number of halogens is 3. The monoisotopic (exact) mass is 617 g/mol. The highest BCUT2D eigenvalue weighted by Gasteiger charge is 2.44. The fraction of sp³-hybridized carbons (Fsp3) is 0.517. The molecular weight excluding hydrogens is 580 g/mol. The molecule has 1 heterocycles. The number of ether oxygens (including phenoxy) is 6. The van der Waals surface area contributed by atoms with Crippen LogP contribution in [0.25, 0.3) is 0 Å². The zero-order valence-corrected chi connectivity index (χ0v) is 25.4. The van der Waals surface area contributed by atoms with Gasteiger partial charge in [-0.15, -0.1) is 0 Å². The van der Waals surface area contributed by atoms with Crippen LogP contribution in [0.4, 0.5) is 8.78 Å². The lowest BCUT2D eigenvalue weighted by atomic mass is 9.86. The Bertz CT molecular complexity index is 1230. The quantitative estimate of drug-likeness (QED) is 0.189. The molecule has 0 aromatic heterocycles. The lowest BCUT2D eigenvalue weighted by molar-refractivity contribution is -0.941. The Hall–Kier alpha value is -3.51. The Morgan fingerprint density at radius 2 is 1.50 bits per heavy atom. The van der Waals surface area contributed by atoms with Gasteiger partial charge in [-0.25, -0.2) is 4.79 Å². The van der Waals surface area contributed by atoms with Gasteiger partial charge in [-0.1, -0.05) is 0 Å². The maximum absolute atomic E-state index is 13.8. The summed E-state index contributed by atoms with van der Waals surface area (Å²) in [6.45, 7) is 0.957. The van der Waals surface area contributed by atoms with Crippen LogP contribution in [-0.2, 0) is 27.2 Å². The van der Waals surface area contributed by atoms with E-state index in [-0.39, 0.29) is 25.1 Å². The van der Waals surface area contributed by atoms with E-state index in [0.717, 1.165) is 29.7 Å². The first-order chi connectivity index (χ1) is 19.4. The van der Waals surface area contributed by atoms with Crippen molar-refractivity contribution >= 4 is 11.9 Å². The summed E-state index contributed by atoms with van der Waals surface area (Å²) >= 11 is 0. The largest absolute Gasteiger partial charge is 1.00 e. The molecule has 0 fully saturated rings. The van der Waals surface area contributed by atoms with Gasteiger partial charge in [0.1, 0.15) is 12.5 Å². The standard InChI is InChI=1S/C29H37F2NO9.ClH/c1-32(9-7-11-41-28(35)29(30,31)17-26(33)34)10-8-19-15-22(36-2)23(37-3)16-20(19)21(32)12-18-13-24(38-4)27(40-6)25(14-18)39-5;/h13-16,21H,7-12,17H2,1-6H3;1H/t21-,32-;/m1./s1. The van der Waals surface area contributed by atoms with Crippen molar-refractivity contribution < 1.29 is 68.8 Å². The van der Waals surface area contributed by atoms with Gasteiger partial charge in [0.15, 0.2) is 23.0 Å². The lowest BCUT2D eigenvalue weighted by Gasteiger charge is -2.46. The zero-order valence-electron chi connectivity index (χ0n) is 24.6. The van der Waals surface area contributed by atoms with Crippen LogP contribution in [-0.4, -0.2) is 89.7 Å². The summed E-state index contributed by atoms with van der Waals surface area (Å²) in [5.74, 6) is -4.96. The summed E-state index contributed by atoms with van der Waals surface area (Å²) in [4.78, 5) is 22.5. The number of fused-ring (bicyclic) bond motifs is 1. The number of carboxylic acid groups (broad SMARTS) is 1. The molecule has 0 aliphatic carbocycles. The van der Waals surface area contributed by atoms with Crippen molar-refractivity contribution in [2.24, 2.45) is 0 Å². The van der Waals surface area contributed by atoms with E-state index in [1.807, 2.05) is 24.3 Å². The summed E-state index contributed by atoms with van der Waals surface area (Å²) in [6, 6.07) is 7.64. The first kappa shape index (κ1) is 34.7. The van der Waals surface area contributed by atoms with Crippen LogP contribution in [0.15, 0.2) is 24.3 Å². The topological polar surface area (TPSA) is 110 Å². The summed E-state index contributed by atoms with van der Waals surface area (Å²) < 4.78 is 60.6. The number of esters is 1. The van der Waals surface area contributed by atoms with Crippen molar-refractivity contribution in [2.45, 2.75) is 37.6 Å². The minimum atomic E-state index is -4.08. The van der Waals surface area contributed by atoms with Crippen LogP contribution in [0.5, 0.6) is 28.7 Å². The summed E-state index contributed by atoms with van der Waals surface area (Å²) in [5, 5.41) is 8.64. The molecule has 13 heteroatoms. The number of carbonyl (C=O) groups is 2. The predicted octanol–water partition coefficient (Wildman–Crippen LogP) is 1.06. The second kappa shape index (κ2) is 14.6. The Balaban J connectivity index is 0.00000616. The maximum Gasteiger partial charge on any atom is 0.377 e. The van der Waals surface area contributed by atoms with Crippen molar-refractivity contribution in [1.29, 1.82) is 0 Å².